The van der Waals surface area contributed by atoms with E-state index in [0.29, 0.717) is 12.5 Å². The molecule has 2 aliphatic rings. The first kappa shape index (κ1) is 15.2. The van der Waals surface area contributed by atoms with Gasteiger partial charge in [-0.05, 0) is 64.8 Å². The van der Waals surface area contributed by atoms with Crippen molar-refractivity contribution in [2.45, 2.75) is 30.9 Å². The van der Waals surface area contributed by atoms with Crippen LogP contribution in [0.4, 0.5) is 0 Å². The summed E-state index contributed by atoms with van der Waals surface area (Å²) in [6, 6.07) is 0. The van der Waals surface area contributed by atoms with Gasteiger partial charge in [-0.15, -0.1) is 0 Å². The van der Waals surface area contributed by atoms with Gasteiger partial charge in [-0.25, -0.2) is 12.7 Å². The summed E-state index contributed by atoms with van der Waals surface area (Å²) in [5.74, 6) is 0.526. The maximum Gasteiger partial charge on any atom is 0.216 e. The van der Waals surface area contributed by atoms with Crippen molar-refractivity contribution in [1.82, 2.24) is 14.5 Å². The molecule has 6 heteroatoms. The molecule has 0 radical (unpaired) electrons. The van der Waals surface area contributed by atoms with Crippen LogP contribution in [0, 0.1) is 5.92 Å². The second-order valence-corrected chi connectivity index (χ2v) is 8.34. The lowest BCUT2D eigenvalue weighted by atomic mass is 9.97. The molecule has 0 amide bonds. The van der Waals surface area contributed by atoms with Crippen LogP contribution in [0.2, 0.25) is 0 Å². The molecule has 0 aromatic carbocycles. The average molecular weight is 289 g/mol. The molecule has 0 bridgehead atoms. The van der Waals surface area contributed by atoms with E-state index >= 15 is 0 Å². The maximum atomic E-state index is 12.5. The van der Waals surface area contributed by atoms with Crippen molar-refractivity contribution >= 4 is 10.0 Å². The maximum absolute atomic E-state index is 12.5. The van der Waals surface area contributed by atoms with Crippen molar-refractivity contribution in [1.29, 1.82) is 0 Å². The molecule has 0 saturated carbocycles. The zero-order valence-electron chi connectivity index (χ0n) is 12.1. The average Bonchev–Trinajstić information content (AvgIpc) is 2.42. The van der Waals surface area contributed by atoms with Gasteiger partial charge in [0.05, 0.1) is 5.25 Å². The molecule has 0 unspecified atom stereocenters. The minimum absolute atomic E-state index is 0.176. The molecule has 0 aliphatic carbocycles. The molecular weight excluding hydrogens is 262 g/mol. The van der Waals surface area contributed by atoms with Crippen LogP contribution >= 0.6 is 0 Å². The Kier molecular flexibility index (Phi) is 5.22. The summed E-state index contributed by atoms with van der Waals surface area (Å²) in [4.78, 5) is 2.32. The summed E-state index contributed by atoms with van der Waals surface area (Å²) in [5, 5.41) is 3.05. The van der Waals surface area contributed by atoms with E-state index in [4.69, 9.17) is 0 Å². The largest absolute Gasteiger partial charge is 0.317 e. The number of piperidine rings is 2. The zero-order chi connectivity index (χ0) is 13.9. The van der Waals surface area contributed by atoms with E-state index in [1.165, 1.54) is 0 Å². The van der Waals surface area contributed by atoms with Crippen LogP contribution in [0.15, 0.2) is 0 Å². The molecular formula is C13H27N3O2S. The number of sulfonamides is 1. The van der Waals surface area contributed by atoms with Crippen molar-refractivity contribution in [3.05, 3.63) is 0 Å². The Bertz CT molecular complexity index is 371. The molecule has 2 heterocycles. The van der Waals surface area contributed by atoms with Gasteiger partial charge in [0.15, 0.2) is 0 Å². The fourth-order valence-electron chi connectivity index (χ4n) is 3.06. The van der Waals surface area contributed by atoms with Crippen LogP contribution in [0.1, 0.15) is 25.7 Å². The van der Waals surface area contributed by atoms with Gasteiger partial charge in [-0.3, -0.25) is 0 Å². The van der Waals surface area contributed by atoms with Crippen LogP contribution in [0.3, 0.4) is 0 Å². The van der Waals surface area contributed by atoms with E-state index < -0.39 is 10.0 Å². The minimum atomic E-state index is -3.10. The molecule has 0 atom stereocenters. The topological polar surface area (TPSA) is 52.7 Å². The molecule has 0 aromatic heterocycles. The predicted octanol–water partition coefficient (Wildman–Crippen LogP) is 0.342. The molecule has 2 aliphatic heterocycles. The predicted molar refractivity (Wildman–Crippen MR) is 77.7 cm³/mol. The third kappa shape index (κ3) is 3.90. The van der Waals surface area contributed by atoms with Crippen molar-refractivity contribution in [3.8, 4) is 0 Å². The first-order valence-electron chi connectivity index (χ1n) is 7.34. The summed E-state index contributed by atoms with van der Waals surface area (Å²) < 4.78 is 26.6. The van der Waals surface area contributed by atoms with Gasteiger partial charge < -0.3 is 10.2 Å². The van der Waals surface area contributed by atoms with Gasteiger partial charge in [0, 0.05) is 13.6 Å². The highest BCUT2D eigenvalue weighted by atomic mass is 32.2. The normalized spacial score (nSPS) is 25.0. The Balaban J connectivity index is 1.89. The molecule has 19 heavy (non-hydrogen) atoms. The van der Waals surface area contributed by atoms with Crippen LogP contribution in [0.5, 0.6) is 0 Å². The molecule has 0 spiro atoms. The second-order valence-electron chi connectivity index (χ2n) is 6.02. The fourth-order valence-corrected chi connectivity index (χ4v) is 4.82. The molecule has 2 rings (SSSR count). The molecule has 112 valence electrons. The monoisotopic (exact) mass is 289 g/mol. The van der Waals surface area contributed by atoms with Gasteiger partial charge >= 0.3 is 0 Å². The van der Waals surface area contributed by atoms with E-state index in [1.54, 1.807) is 11.4 Å². The standard InChI is InChI=1S/C13H27N3O2S/c1-15-9-5-12(6-10-15)11-16(2)19(17,18)13-3-7-14-8-4-13/h12-14H,3-11H2,1-2H3. The summed E-state index contributed by atoms with van der Waals surface area (Å²) >= 11 is 0. The third-order valence-electron chi connectivity index (χ3n) is 4.50. The van der Waals surface area contributed by atoms with E-state index in [9.17, 15) is 8.42 Å². The van der Waals surface area contributed by atoms with Crippen LogP contribution in [-0.4, -0.2) is 69.7 Å². The lowest BCUT2D eigenvalue weighted by molar-refractivity contribution is 0.201. The smallest absolute Gasteiger partial charge is 0.216 e. The number of likely N-dealkylation sites (tertiary alicyclic amines) is 1. The van der Waals surface area contributed by atoms with E-state index in [2.05, 4.69) is 17.3 Å². The van der Waals surface area contributed by atoms with Gasteiger partial charge in [-0.1, -0.05) is 0 Å². The Morgan fingerprint density at radius 1 is 1.16 bits per heavy atom. The van der Waals surface area contributed by atoms with Gasteiger partial charge in [-0.2, -0.15) is 0 Å². The third-order valence-corrected chi connectivity index (χ3v) is 6.83. The zero-order valence-corrected chi connectivity index (χ0v) is 13.0. The molecule has 2 saturated heterocycles. The lowest BCUT2D eigenvalue weighted by Crippen LogP contribution is -2.45. The Labute approximate surface area is 117 Å². The summed E-state index contributed by atoms with van der Waals surface area (Å²) in [5.41, 5.74) is 0. The molecule has 1 N–H and O–H groups in total. The highest BCUT2D eigenvalue weighted by Gasteiger charge is 2.32. The summed E-state index contributed by atoms with van der Waals surface area (Å²) in [7, 11) is 0.795. The van der Waals surface area contributed by atoms with Crippen molar-refractivity contribution in [3.63, 3.8) is 0 Å². The number of rotatable bonds is 4. The summed E-state index contributed by atoms with van der Waals surface area (Å²) in [6.45, 7) is 4.52. The fraction of sp³-hybridized carbons (Fsp3) is 1.00. The van der Waals surface area contributed by atoms with E-state index in [0.717, 1.165) is 51.9 Å². The lowest BCUT2D eigenvalue weighted by Gasteiger charge is -2.33. The highest BCUT2D eigenvalue weighted by molar-refractivity contribution is 7.89. The van der Waals surface area contributed by atoms with Crippen LogP contribution < -0.4 is 5.32 Å². The first-order chi connectivity index (χ1) is 9.00. The Morgan fingerprint density at radius 2 is 1.74 bits per heavy atom. The SMILES string of the molecule is CN1CCC(CN(C)S(=O)(=O)C2CCNCC2)CC1. The Morgan fingerprint density at radius 3 is 2.32 bits per heavy atom. The van der Waals surface area contributed by atoms with Crippen molar-refractivity contribution < 1.29 is 8.42 Å². The van der Waals surface area contributed by atoms with Gasteiger partial charge in [0.2, 0.25) is 10.0 Å². The number of nitrogens with zero attached hydrogens (tertiary/aromatic N) is 2. The molecule has 2 fully saturated rings. The second kappa shape index (κ2) is 6.52. The highest BCUT2D eigenvalue weighted by Crippen LogP contribution is 2.21. The number of nitrogens with one attached hydrogen (secondary N) is 1. The number of hydrogen-bond donors (Lipinski definition) is 1. The van der Waals surface area contributed by atoms with Crippen LogP contribution in [-0.2, 0) is 10.0 Å². The van der Waals surface area contributed by atoms with Crippen LogP contribution in [0.25, 0.3) is 0 Å². The quantitative estimate of drug-likeness (QED) is 0.811. The molecule has 0 aromatic rings. The van der Waals surface area contributed by atoms with Crippen molar-refractivity contribution in [2.75, 3.05) is 46.8 Å². The van der Waals surface area contributed by atoms with Gasteiger partial charge in [0.25, 0.3) is 0 Å². The Hall–Kier alpha value is -0.170. The summed E-state index contributed by atoms with van der Waals surface area (Å²) in [6.07, 6.45) is 3.73. The minimum Gasteiger partial charge on any atom is -0.317 e. The first-order valence-corrected chi connectivity index (χ1v) is 8.85. The van der Waals surface area contributed by atoms with E-state index in [1.807, 2.05) is 0 Å². The van der Waals surface area contributed by atoms with Gasteiger partial charge in [0.1, 0.15) is 0 Å². The number of hydrogen-bond acceptors (Lipinski definition) is 4. The molecule has 5 nitrogen and oxygen atoms in total. The van der Waals surface area contributed by atoms with E-state index in [-0.39, 0.29) is 5.25 Å². The van der Waals surface area contributed by atoms with Crippen molar-refractivity contribution in [2.24, 2.45) is 5.92 Å².